The van der Waals surface area contributed by atoms with E-state index < -0.39 is 0 Å². The van der Waals surface area contributed by atoms with E-state index in [0.29, 0.717) is 19.6 Å². The van der Waals surface area contributed by atoms with E-state index in [9.17, 15) is 4.79 Å². The standard InChI is InChI=1S/C17H27N3O3/c1-20-9-10-23-15(13-20)11-18-12-17(21)19-8-7-14-5-3-4-6-16(14)22-2/h3-6,15,18H,7-13H2,1-2H3,(H,19,21)/t15-/m1/s1. The zero-order valence-electron chi connectivity index (χ0n) is 14.0. The number of carbonyl (C=O) groups is 1. The van der Waals surface area contributed by atoms with Crippen LogP contribution in [0.15, 0.2) is 24.3 Å². The van der Waals surface area contributed by atoms with Gasteiger partial charge in [-0.3, -0.25) is 4.79 Å². The molecule has 1 aliphatic rings. The molecule has 1 atom stereocenters. The number of likely N-dealkylation sites (N-methyl/N-ethyl adjacent to an activating group) is 1. The van der Waals surface area contributed by atoms with Gasteiger partial charge in [0.1, 0.15) is 5.75 Å². The molecule has 1 heterocycles. The number of morpholine rings is 1. The third kappa shape index (κ3) is 6.17. The van der Waals surface area contributed by atoms with Crippen molar-refractivity contribution in [1.29, 1.82) is 0 Å². The first-order chi connectivity index (χ1) is 11.2. The summed E-state index contributed by atoms with van der Waals surface area (Å²) in [5.74, 6) is 0.863. The highest BCUT2D eigenvalue weighted by molar-refractivity contribution is 5.77. The Balaban J connectivity index is 1.60. The SMILES string of the molecule is COc1ccccc1CCNC(=O)CNC[C@@H]1CN(C)CCO1. The average Bonchev–Trinajstić information content (AvgIpc) is 2.55. The molecule has 1 amide bonds. The molecule has 0 saturated carbocycles. The van der Waals surface area contributed by atoms with E-state index >= 15 is 0 Å². The van der Waals surface area contributed by atoms with E-state index in [4.69, 9.17) is 9.47 Å². The van der Waals surface area contributed by atoms with Gasteiger partial charge in [-0.15, -0.1) is 0 Å². The van der Waals surface area contributed by atoms with E-state index in [1.54, 1.807) is 7.11 Å². The van der Waals surface area contributed by atoms with Gasteiger partial charge in [0.2, 0.25) is 5.91 Å². The maximum Gasteiger partial charge on any atom is 0.233 e. The number of amides is 1. The zero-order valence-corrected chi connectivity index (χ0v) is 14.0. The summed E-state index contributed by atoms with van der Waals surface area (Å²) in [6.07, 6.45) is 0.918. The molecule has 1 saturated heterocycles. The number of methoxy groups -OCH3 is 1. The second-order valence-electron chi connectivity index (χ2n) is 5.80. The highest BCUT2D eigenvalue weighted by Crippen LogP contribution is 2.17. The van der Waals surface area contributed by atoms with Gasteiger partial charge in [-0.25, -0.2) is 0 Å². The summed E-state index contributed by atoms with van der Waals surface area (Å²) in [5.41, 5.74) is 1.10. The van der Waals surface area contributed by atoms with Crippen molar-refractivity contribution in [2.24, 2.45) is 0 Å². The lowest BCUT2D eigenvalue weighted by Gasteiger charge is -2.30. The molecule has 6 nitrogen and oxygen atoms in total. The van der Waals surface area contributed by atoms with Crippen molar-refractivity contribution in [3.8, 4) is 5.75 Å². The molecule has 2 N–H and O–H groups in total. The van der Waals surface area contributed by atoms with E-state index in [2.05, 4.69) is 22.6 Å². The Hall–Kier alpha value is -1.63. The number of benzene rings is 1. The Kier molecular flexibility index (Phi) is 7.32. The second-order valence-corrected chi connectivity index (χ2v) is 5.80. The molecule has 6 heteroatoms. The fraction of sp³-hybridized carbons (Fsp3) is 0.588. The molecule has 128 valence electrons. The highest BCUT2D eigenvalue weighted by Gasteiger charge is 2.17. The van der Waals surface area contributed by atoms with Crippen molar-refractivity contribution >= 4 is 5.91 Å². The maximum absolute atomic E-state index is 11.8. The van der Waals surface area contributed by atoms with Crippen LogP contribution in [0, 0.1) is 0 Å². The monoisotopic (exact) mass is 321 g/mol. The Bertz CT molecular complexity index is 496. The fourth-order valence-electron chi connectivity index (χ4n) is 2.65. The van der Waals surface area contributed by atoms with Crippen LogP contribution in [-0.2, 0) is 16.0 Å². The van der Waals surface area contributed by atoms with E-state index in [1.807, 2.05) is 24.3 Å². The van der Waals surface area contributed by atoms with E-state index in [-0.39, 0.29) is 12.0 Å². The predicted molar refractivity (Wildman–Crippen MR) is 89.8 cm³/mol. The number of para-hydroxylation sites is 1. The van der Waals surface area contributed by atoms with Crippen LogP contribution in [0.4, 0.5) is 0 Å². The van der Waals surface area contributed by atoms with Gasteiger partial charge in [-0.2, -0.15) is 0 Å². The van der Waals surface area contributed by atoms with Crippen molar-refractivity contribution in [1.82, 2.24) is 15.5 Å². The van der Waals surface area contributed by atoms with Crippen LogP contribution < -0.4 is 15.4 Å². The first-order valence-corrected chi connectivity index (χ1v) is 8.08. The van der Waals surface area contributed by atoms with Crippen LogP contribution in [0.1, 0.15) is 5.56 Å². The molecule has 0 aromatic heterocycles. The largest absolute Gasteiger partial charge is 0.496 e. The zero-order chi connectivity index (χ0) is 16.5. The van der Waals surface area contributed by atoms with Gasteiger partial charge < -0.3 is 25.0 Å². The number of hydrogen-bond acceptors (Lipinski definition) is 5. The predicted octanol–water partition coefficient (Wildman–Crippen LogP) is 0.274. The Morgan fingerprint density at radius 1 is 1.43 bits per heavy atom. The van der Waals surface area contributed by atoms with Crippen LogP contribution in [0.2, 0.25) is 0 Å². The molecule has 0 unspecified atom stereocenters. The summed E-state index contributed by atoms with van der Waals surface area (Å²) < 4.78 is 10.9. The van der Waals surface area contributed by atoms with Gasteiger partial charge in [0.15, 0.2) is 0 Å². The normalized spacial score (nSPS) is 18.6. The van der Waals surface area contributed by atoms with Gasteiger partial charge >= 0.3 is 0 Å². The average molecular weight is 321 g/mol. The topological polar surface area (TPSA) is 62.8 Å². The Morgan fingerprint density at radius 2 is 2.26 bits per heavy atom. The lowest BCUT2D eigenvalue weighted by atomic mass is 10.1. The summed E-state index contributed by atoms with van der Waals surface area (Å²) in [5, 5.41) is 6.08. The molecule has 1 aliphatic heterocycles. The van der Waals surface area contributed by atoms with Crippen LogP contribution in [0.25, 0.3) is 0 Å². The fourth-order valence-corrected chi connectivity index (χ4v) is 2.65. The molecule has 0 aliphatic carbocycles. The summed E-state index contributed by atoms with van der Waals surface area (Å²) >= 11 is 0. The lowest BCUT2D eigenvalue weighted by Crippen LogP contribution is -2.46. The molecule has 1 aromatic carbocycles. The number of hydrogen-bond donors (Lipinski definition) is 2. The number of nitrogens with zero attached hydrogens (tertiary/aromatic N) is 1. The first-order valence-electron chi connectivity index (χ1n) is 8.08. The van der Waals surface area contributed by atoms with Gasteiger partial charge in [-0.05, 0) is 25.1 Å². The second kappa shape index (κ2) is 9.50. The van der Waals surface area contributed by atoms with Crippen molar-refractivity contribution in [3.63, 3.8) is 0 Å². The lowest BCUT2D eigenvalue weighted by molar-refractivity contribution is -0.120. The number of carbonyl (C=O) groups excluding carboxylic acids is 1. The minimum absolute atomic E-state index is 0.00376. The van der Waals surface area contributed by atoms with Crippen molar-refractivity contribution in [3.05, 3.63) is 29.8 Å². The minimum atomic E-state index is 0.00376. The molecule has 0 bridgehead atoms. The van der Waals surface area contributed by atoms with Crippen LogP contribution in [-0.4, -0.2) is 70.4 Å². The van der Waals surface area contributed by atoms with E-state index in [1.165, 1.54) is 0 Å². The summed E-state index contributed by atoms with van der Waals surface area (Å²) in [7, 11) is 3.74. The summed E-state index contributed by atoms with van der Waals surface area (Å²) in [4.78, 5) is 14.1. The molecule has 1 aromatic rings. The highest BCUT2D eigenvalue weighted by atomic mass is 16.5. The van der Waals surface area contributed by atoms with Gasteiger partial charge in [0.05, 0.1) is 26.4 Å². The Morgan fingerprint density at radius 3 is 3.04 bits per heavy atom. The third-order valence-electron chi connectivity index (χ3n) is 3.91. The van der Waals surface area contributed by atoms with Crippen LogP contribution in [0.5, 0.6) is 5.75 Å². The van der Waals surface area contributed by atoms with Crippen molar-refractivity contribution < 1.29 is 14.3 Å². The smallest absolute Gasteiger partial charge is 0.233 e. The van der Waals surface area contributed by atoms with Gasteiger partial charge in [0.25, 0.3) is 0 Å². The molecular formula is C17H27N3O3. The number of nitrogens with one attached hydrogen (secondary N) is 2. The van der Waals surface area contributed by atoms with Crippen molar-refractivity contribution in [2.75, 3.05) is 53.5 Å². The molecule has 1 fully saturated rings. The third-order valence-corrected chi connectivity index (χ3v) is 3.91. The quantitative estimate of drug-likeness (QED) is 0.720. The summed E-state index contributed by atoms with van der Waals surface area (Å²) in [6, 6.07) is 7.86. The Labute approximate surface area is 138 Å². The van der Waals surface area contributed by atoms with Crippen LogP contribution >= 0.6 is 0 Å². The van der Waals surface area contributed by atoms with Crippen molar-refractivity contribution in [2.45, 2.75) is 12.5 Å². The van der Waals surface area contributed by atoms with Gasteiger partial charge in [-0.1, -0.05) is 18.2 Å². The molecule has 2 rings (SSSR count). The molecule has 0 radical (unpaired) electrons. The summed E-state index contributed by atoms with van der Waals surface area (Å²) in [6.45, 7) is 4.25. The first kappa shape index (κ1) is 17.7. The molecular weight excluding hydrogens is 294 g/mol. The molecule has 23 heavy (non-hydrogen) atoms. The molecule has 0 spiro atoms. The van der Waals surface area contributed by atoms with Crippen LogP contribution in [0.3, 0.4) is 0 Å². The maximum atomic E-state index is 11.8. The minimum Gasteiger partial charge on any atom is -0.496 e. The number of ether oxygens (including phenoxy) is 2. The van der Waals surface area contributed by atoms with Gasteiger partial charge in [0, 0.05) is 26.2 Å². The van der Waals surface area contributed by atoms with E-state index in [0.717, 1.165) is 37.4 Å². The number of rotatable bonds is 8.